The molecular formula is C27H29N3O6S. The Hall–Kier alpha value is -3.89. The fraction of sp³-hybridized carbons (Fsp3) is 0.259. The number of nitrogens with one attached hydrogen (secondary N) is 2. The van der Waals surface area contributed by atoms with Crippen LogP contribution in [0.15, 0.2) is 72.8 Å². The number of carbonyl (C=O) groups excluding carboxylic acids is 2. The third kappa shape index (κ3) is 6.46. The van der Waals surface area contributed by atoms with Crippen LogP contribution in [-0.4, -0.2) is 57.9 Å². The minimum absolute atomic E-state index is 0.0905. The zero-order valence-electron chi connectivity index (χ0n) is 20.5. The maximum absolute atomic E-state index is 13.4. The van der Waals surface area contributed by atoms with Crippen LogP contribution < -0.4 is 19.7 Å². The number of benzene rings is 3. The van der Waals surface area contributed by atoms with Crippen molar-refractivity contribution in [1.29, 1.82) is 0 Å². The van der Waals surface area contributed by atoms with E-state index in [0.29, 0.717) is 12.2 Å². The molecule has 0 aliphatic carbocycles. The molecule has 1 aliphatic heterocycles. The van der Waals surface area contributed by atoms with E-state index in [4.69, 9.17) is 4.74 Å². The normalized spacial score (nSPS) is 18.5. The van der Waals surface area contributed by atoms with Gasteiger partial charge in [0.2, 0.25) is 10.0 Å². The van der Waals surface area contributed by atoms with Gasteiger partial charge in [-0.3, -0.25) is 13.9 Å². The quantitative estimate of drug-likeness (QED) is 0.482. The van der Waals surface area contributed by atoms with Crippen molar-refractivity contribution in [3.05, 3.63) is 95.1 Å². The number of hydrogen-bond donors (Lipinski definition) is 3. The summed E-state index contributed by atoms with van der Waals surface area (Å²) in [6, 6.07) is 19.7. The third-order valence-electron chi connectivity index (χ3n) is 6.16. The third-order valence-corrected chi connectivity index (χ3v) is 7.37. The van der Waals surface area contributed by atoms with Gasteiger partial charge in [0, 0.05) is 18.2 Å². The zero-order valence-corrected chi connectivity index (χ0v) is 21.4. The number of rotatable bonds is 4. The lowest BCUT2D eigenvalue weighted by Gasteiger charge is -2.22. The molecule has 37 heavy (non-hydrogen) atoms. The summed E-state index contributed by atoms with van der Waals surface area (Å²) < 4.78 is 31.5. The van der Waals surface area contributed by atoms with Crippen LogP contribution in [0, 0.1) is 0 Å². The van der Waals surface area contributed by atoms with Crippen LogP contribution in [0.2, 0.25) is 0 Å². The van der Waals surface area contributed by atoms with E-state index < -0.39 is 33.9 Å². The van der Waals surface area contributed by atoms with Crippen LogP contribution in [0.5, 0.6) is 5.75 Å². The second-order valence-electron chi connectivity index (χ2n) is 8.95. The Labute approximate surface area is 216 Å². The van der Waals surface area contributed by atoms with Crippen molar-refractivity contribution in [2.24, 2.45) is 0 Å². The molecule has 0 radical (unpaired) electrons. The number of nitrogens with zero attached hydrogens (tertiary/aromatic N) is 1. The highest BCUT2D eigenvalue weighted by atomic mass is 32.2. The molecule has 10 heteroatoms. The topological polar surface area (TPSA) is 125 Å². The monoisotopic (exact) mass is 523 g/mol. The van der Waals surface area contributed by atoms with Gasteiger partial charge in [-0.15, -0.1) is 0 Å². The molecule has 3 aromatic rings. The van der Waals surface area contributed by atoms with Gasteiger partial charge in [-0.1, -0.05) is 42.5 Å². The van der Waals surface area contributed by atoms with Crippen molar-refractivity contribution in [3.8, 4) is 5.75 Å². The molecule has 2 unspecified atom stereocenters. The summed E-state index contributed by atoms with van der Waals surface area (Å²) in [5.41, 5.74) is 2.02. The molecule has 0 saturated carbocycles. The molecule has 1 heterocycles. The number of aliphatic hydroxyl groups is 1. The number of anilines is 1. The Morgan fingerprint density at radius 2 is 1.62 bits per heavy atom. The SMILES string of the molecule is CN(c1cc2cc(c1)C(=O)NC(c1ccccc1)COc1cccc(c1)CC(CO)NC2=O)S(C)(=O)=O. The summed E-state index contributed by atoms with van der Waals surface area (Å²) in [6.45, 7) is -0.182. The van der Waals surface area contributed by atoms with E-state index in [0.717, 1.165) is 21.7 Å². The highest BCUT2D eigenvalue weighted by molar-refractivity contribution is 7.92. The summed E-state index contributed by atoms with van der Waals surface area (Å²) in [6.07, 6.45) is 1.38. The molecule has 0 saturated heterocycles. The number of ether oxygens (including phenoxy) is 1. The molecule has 3 aromatic carbocycles. The van der Waals surface area contributed by atoms with Gasteiger partial charge in [-0.2, -0.15) is 0 Å². The molecule has 194 valence electrons. The van der Waals surface area contributed by atoms with Crippen molar-refractivity contribution >= 4 is 27.5 Å². The molecule has 4 bridgehead atoms. The molecule has 0 fully saturated rings. The maximum Gasteiger partial charge on any atom is 0.251 e. The van der Waals surface area contributed by atoms with Crippen LogP contribution in [0.25, 0.3) is 0 Å². The Bertz CT molecular complexity index is 1390. The van der Waals surface area contributed by atoms with Gasteiger partial charge < -0.3 is 20.5 Å². The molecule has 0 aromatic heterocycles. The lowest BCUT2D eigenvalue weighted by Crippen LogP contribution is -2.39. The van der Waals surface area contributed by atoms with E-state index in [-0.39, 0.29) is 30.0 Å². The molecule has 0 spiro atoms. The zero-order chi connectivity index (χ0) is 26.6. The van der Waals surface area contributed by atoms with Gasteiger partial charge in [0.1, 0.15) is 12.4 Å². The van der Waals surface area contributed by atoms with Crippen LogP contribution in [0.1, 0.15) is 37.9 Å². The van der Waals surface area contributed by atoms with Gasteiger partial charge in [0.25, 0.3) is 11.8 Å². The van der Waals surface area contributed by atoms with Crippen LogP contribution in [0.4, 0.5) is 5.69 Å². The average Bonchev–Trinajstić information content (AvgIpc) is 2.89. The number of aliphatic hydroxyl groups excluding tert-OH is 1. The first-order chi connectivity index (χ1) is 17.6. The van der Waals surface area contributed by atoms with E-state index in [1.165, 1.54) is 25.2 Å². The van der Waals surface area contributed by atoms with E-state index in [9.17, 15) is 23.1 Å². The number of fused-ring (bicyclic) bond motifs is 4. The predicted octanol–water partition coefficient (Wildman–Crippen LogP) is 2.28. The standard InChI is InChI=1S/C27H29N3O6S/c1-30(37(2,34)35)23-14-20-13-21(15-23)27(33)29-25(19-8-4-3-5-9-19)17-36-24-10-6-7-18(12-24)11-22(16-31)28-26(20)32/h3-10,12-15,22,25,31H,11,16-17H2,1-2H3,(H,28,32)(H,29,33). The number of carbonyl (C=O) groups is 2. The van der Waals surface area contributed by atoms with Gasteiger partial charge in [-0.05, 0) is 47.9 Å². The highest BCUT2D eigenvalue weighted by Gasteiger charge is 2.23. The first-order valence-corrected chi connectivity index (χ1v) is 13.6. The van der Waals surface area contributed by atoms with Crippen molar-refractivity contribution in [3.63, 3.8) is 0 Å². The summed E-state index contributed by atoms with van der Waals surface area (Å²) in [5, 5.41) is 15.7. The van der Waals surface area contributed by atoms with E-state index >= 15 is 0 Å². The van der Waals surface area contributed by atoms with Crippen LogP contribution in [-0.2, 0) is 16.4 Å². The molecule has 3 N–H and O–H groups in total. The molecule has 2 atom stereocenters. The Morgan fingerprint density at radius 1 is 0.946 bits per heavy atom. The largest absolute Gasteiger partial charge is 0.491 e. The lowest BCUT2D eigenvalue weighted by molar-refractivity contribution is 0.0916. The average molecular weight is 524 g/mol. The fourth-order valence-corrected chi connectivity index (χ4v) is 4.54. The second kappa shape index (κ2) is 11.0. The fourth-order valence-electron chi connectivity index (χ4n) is 4.05. The minimum atomic E-state index is -3.66. The van der Waals surface area contributed by atoms with Gasteiger partial charge >= 0.3 is 0 Å². The van der Waals surface area contributed by atoms with Crippen molar-refractivity contribution in [2.75, 3.05) is 30.8 Å². The molecular weight excluding hydrogens is 494 g/mol. The van der Waals surface area contributed by atoms with E-state index in [2.05, 4.69) is 10.6 Å². The van der Waals surface area contributed by atoms with Gasteiger partial charge in [0.05, 0.1) is 30.6 Å². The smallest absolute Gasteiger partial charge is 0.251 e. The molecule has 4 rings (SSSR count). The summed E-state index contributed by atoms with van der Waals surface area (Å²) in [4.78, 5) is 26.6. The maximum atomic E-state index is 13.4. The van der Waals surface area contributed by atoms with E-state index in [1.807, 2.05) is 48.5 Å². The van der Waals surface area contributed by atoms with Gasteiger partial charge in [-0.25, -0.2) is 8.42 Å². The number of hydrogen-bond acceptors (Lipinski definition) is 6. The van der Waals surface area contributed by atoms with Gasteiger partial charge in [0.15, 0.2) is 0 Å². The van der Waals surface area contributed by atoms with E-state index in [1.54, 1.807) is 6.07 Å². The van der Waals surface area contributed by atoms with Crippen molar-refractivity contribution in [2.45, 2.75) is 18.5 Å². The minimum Gasteiger partial charge on any atom is -0.491 e. The Morgan fingerprint density at radius 3 is 2.27 bits per heavy atom. The number of sulfonamides is 1. The molecule has 1 aliphatic rings. The van der Waals surface area contributed by atoms with Crippen LogP contribution >= 0.6 is 0 Å². The second-order valence-corrected chi connectivity index (χ2v) is 11.0. The molecule has 9 nitrogen and oxygen atoms in total. The van der Waals surface area contributed by atoms with Crippen molar-refractivity contribution in [1.82, 2.24) is 10.6 Å². The summed E-state index contributed by atoms with van der Waals surface area (Å²) in [5.74, 6) is -0.459. The summed E-state index contributed by atoms with van der Waals surface area (Å²) >= 11 is 0. The lowest BCUT2D eigenvalue weighted by atomic mass is 10.0. The van der Waals surface area contributed by atoms with Crippen LogP contribution in [0.3, 0.4) is 0 Å². The molecule has 2 amide bonds. The van der Waals surface area contributed by atoms with Crippen molar-refractivity contribution < 1.29 is 27.9 Å². The highest BCUT2D eigenvalue weighted by Crippen LogP contribution is 2.24. The summed E-state index contributed by atoms with van der Waals surface area (Å²) in [7, 11) is -2.32. The predicted molar refractivity (Wildman–Crippen MR) is 140 cm³/mol. The Balaban J connectivity index is 1.81. The Kier molecular flexibility index (Phi) is 7.80. The number of amides is 2. The first kappa shape index (κ1) is 26.2. The first-order valence-electron chi connectivity index (χ1n) is 11.7.